The Labute approximate surface area is 208 Å². The number of nitrogens with one attached hydrogen (secondary N) is 1. The Hall–Kier alpha value is -3.83. The summed E-state index contributed by atoms with van der Waals surface area (Å²) < 4.78 is 71.1. The van der Waals surface area contributed by atoms with Crippen LogP contribution in [0.25, 0.3) is 10.9 Å². The third-order valence-corrected chi connectivity index (χ3v) is 6.61. The van der Waals surface area contributed by atoms with Crippen LogP contribution in [0.1, 0.15) is 42.8 Å². The van der Waals surface area contributed by atoms with E-state index in [0.717, 1.165) is 16.7 Å². The molecule has 1 saturated heterocycles. The molecule has 12 heteroatoms. The maximum Gasteiger partial charge on any atom is 0.266 e. The molecule has 0 bridgehead atoms. The van der Waals surface area contributed by atoms with Gasteiger partial charge < -0.3 is 14.8 Å². The number of likely N-dealkylation sites (tertiary alicyclic amines) is 1. The minimum atomic E-state index is -3.03. The van der Waals surface area contributed by atoms with Crippen LogP contribution < -0.4 is 10.9 Å². The fourth-order valence-corrected chi connectivity index (χ4v) is 4.63. The molecule has 1 amide bonds. The lowest BCUT2D eigenvalue weighted by molar-refractivity contribution is -0.128. The summed E-state index contributed by atoms with van der Waals surface area (Å²) in [4.78, 5) is 34.6. The lowest BCUT2D eigenvalue weighted by atomic mass is 9.98. The van der Waals surface area contributed by atoms with E-state index >= 15 is 0 Å². The van der Waals surface area contributed by atoms with Gasteiger partial charge in [-0.3, -0.25) is 9.59 Å². The predicted molar refractivity (Wildman–Crippen MR) is 127 cm³/mol. The van der Waals surface area contributed by atoms with Crippen LogP contribution in [0.4, 0.5) is 27.8 Å². The van der Waals surface area contributed by atoms with Gasteiger partial charge >= 0.3 is 0 Å². The molecule has 1 N–H and O–H groups in total. The van der Waals surface area contributed by atoms with Gasteiger partial charge in [0.25, 0.3) is 18.4 Å². The van der Waals surface area contributed by atoms with Crippen LogP contribution in [0.5, 0.6) is 0 Å². The molecule has 196 valence electrons. The summed E-state index contributed by atoms with van der Waals surface area (Å²) in [7, 11) is 0. The molecule has 0 saturated carbocycles. The van der Waals surface area contributed by atoms with E-state index in [-0.39, 0.29) is 53.5 Å². The van der Waals surface area contributed by atoms with Gasteiger partial charge in [-0.1, -0.05) is 24.3 Å². The number of rotatable bonds is 7. The number of alkyl halides is 4. The number of aromatic nitrogens is 3. The van der Waals surface area contributed by atoms with Crippen LogP contribution in [-0.2, 0) is 10.3 Å². The monoisotopic (exact) mass is 521 g/mol. The maximum absolute atomic E-state index is 14.9. The summed E-state index contributed by atoms with van der Waals surface area (Å²) >= 11 is 0. The number of anilines is 1. The Kier molecular flexibility index (Phi) is 7.03. The summed E-state index contributed by atoms with van der Waals surface area (Å²) in [5.74, 6) is -1.22. The minimum absolute atomic E-state index is 0.0535. The van der Waals surface area contributed by atoms with Crippen molar-refractivity contribution in [1.29, 1.82) is 0 Å². The van der Waals surface area contributed by atoms with E-state index in [1.54, 1.807) is 6.92 Å². The van der Waals surface area contributed by atoms with Crippen molar-refractivity contribution in [2.45, 2.75) is 44.7 Å². The van der Waals surface area contributed by atoms with Crippen LogP contribution in [0.3, 0.4) is 0 Å². The molecule has 7 nitrogen and oxygen atoms in total. The molecule has 1 aromatic carbocycles. The van der Waals surface area contributed by atoms with Gasteiger partial charge in [0.05, 0.1) is 22.5 Å². The Morgan fingerprint density at radius 3 is 2.51 bits per heavy atom. The Bertz CT molecular complexity index is 1430. The zero-order chi connectivity index (χ0) is 27.1. The zero-order valence-electron chi connectivity index (χ0n) is 20.0. The second-order valence-corrected chi connectivity index (χ2v) is 8.90. The summed E-state index contributed by atoms with van der Waals surface area (Å²) in [6, 6.07) is 3.64. The van der Waals surface area contributed by atoms with Gasteiger partial charge in [-0.2, -0.15) is 0 Å². The molecular formula is C25H24F5N5O2. The fourth-order valence-electron chi connectivity index (χ4n) is 4.63. The third kappa shape index (κ3) is 4.67. The quantitative estimate of drug-likeness (QED) is 0.359. The number of hydrogen-bond donors (Lipinski definition) is 1. The van der Waals surface area contributed by atoms with Crippen molar-refractivity contribution in [3.05, 3.63) is 76.2 Å². The van der Waals surface area contributed by atoms with Gasteiger partial charge in [0.2, 0.25) is 5.91 Å². The smallest absolute Gasteiger partial charge is 0.266 e. The molecule has 0 radical (unpaired) electrons. The molecule has 3 heterocycles. The van der Waals surface area contributed by atoms with Gasteiger partial charge in [-0.25, -0.2) is 31.9 Å². The first-order valence-corrected chi connectivity index (χ1v) is 11.4. The first-order chi connectivity index (χ1) is 17.5. The number of amides is 1. The molecule has 3 aromatic rings. The predicted octanol–water partition coefficient (Wildman–Crippen LogP) is 4.73. The topological polar surface area (TPSA) is 80.1 Å². The van der Waals surface area contributed by atoms with Gasteiger partial charge in [0.15, 0.2) is 0 Å². The molecule has 1 aliphatic heterocycles. The standard InChI is InChI=1S/C25H24F5N5O2/c1-4-18(15-6-5-7-16(21(15)26)22(27)28)33-23-17-11-35(20(37)10-19(17)31-13(2)32-23)25(24(29)30)8-9-34(12-25)14(3)36/h4-7,10-11,18,22,24H,1,8-9,12H2,2-3H3,(H,31,32,33)/t18-,25?/m1/s1. The average molecular weight is 521 g/mol. The van der Waals surface area contributed by atoms with Crippen molar-refractivity contribution < 1.29 is 26.7 Å². The normalized spacial score (nSPS) is 18.6. The van der Waals surface area contributed by atoms with Crippen molar-refractivity contribution in [1.82, 2.24) is 19.4 Å². The van der Waals surface area contributed by atoms with E-state index in [1.807, 2.05) is 0 Å². The highest BCUT2D eigenvalue weighted by atomic mass is 19.3. The lowest BCUT2D eigenvalue weighted by Crippen LogP contribution is -2.48. The Balaban J connectivity index is 1.85. The summed E-state index contributed by atoms with van der Waals surface area (Å²) in [6.45, 7) is 6.15. The third-order valence-electron chi connectivity index (χ3n) is 6.61. The first kappa shape index (κ1) is 26.2. The molecule has 1 fully saturated rings. The van der Waals surface area contributed by atoms with Crippen molar-refractivity contribution in [3.8, 4) is 0 Å². The van der Waals surface area contributed by atoms with Crippen LogP contribution in [0.15, 0.2) is 47.9 Å². The highest BCUT2D eigenvalue weighted by molar-refractivity contribution is 5.88. The fraction of sp³-hybridized carbons (Fsp3) is 0.360. The number of nitrogens with zero attached hydrogens (tertiary/aromatic N) is 4. The summed E-state index contributed by atoms with van der Waals surface area (Å²) in [5, 5.41) is 3.09. The van der Waals surface area contributed by atoms with Gasteiger partial charge in [0, 0.05) is 37.8 Å². The number of carbonyl (C=O) groups excluding carboxylic acids is 1. The second-order valence-electron chi connectivity index (χ2n) is 8.90. The first-order valence-electron chi connectivity index (χ1n) is 11.4. The van der Waals surface area contributed by atoms with E-state index in [0.29, 0.717) is 0 Å². The van der Waals surface area contributed by atoms with E-state index in [4.69, 9.17) is 0 Å². The molecule has 4 rings (SSSR count). The van der Waals surface area contributed by atoms with Crippen molar-refractivity contribution in [3.63, 3.8) is 0 Å². The number of fused-ring (bicyclic) bond motifs is 1. The number of hydrogen-bond acceptors (Lipinski definition) is 5. The summed E-state index contributed by atoms with van der Waals surface area (Å²) in [5.41, 5.74) is -3.46. The van der Waals surface area contributed by atoms with Gasteiger partial charge in [-0.15, -0.1) is 6.58 Å². The van der Waals surface area contributed by atoms with E-state index in [1.165, 1.54) is 36.2 Å². The second kappa shape index (κ2) is 9.91. The van der Waals surface area contributed by atoms with Crippen molar-refractivity contribution >= 4 is 22.6 Å². The molecule has 1 unspecified atom stereocenters. The number of benzene rings is 1. The van der Waals surface area contributed by atoms with Gasteiger partial charge in [-0.05, 0) is 13.3 Å². The number of carbonyl (C=O) groups is 1. The van der Waals surface area contributed by atoms with Crippen molar-refractivity contribution in [2.24, 2.45) is 0 Å². The molecule has 1 aliphatic rings. The van der Waals surface area contributed by atoms with Crippen molar-refractivity contribution in [2.75, 3.05) is 18.4 Å². The van der Waals surface area contributed by atoms with Crippen LogP contribution in [-0.4, -0.2) is 44.9 Å². The number of pyridine rings is 1. The highest BCUT2D eigenvalue weighted by Crippen LogP contribution is 2.36. The van der Waals surface area contributed by atoms with Crippen LogP contribution >= 0.6 is 0 Å². The zero-order valence-corrected chi connectivity index (χ0v) is 20.0. The Morgan fingerprint density at radius 2 is 1.92 bits per heavy atom. The SMILES string of the molecule is C=C[C@@H](Nc1nc(C)nc2cc(=O)n(C3(C(F)F)CCN(C(C)=O)C3)cc12)c1cccc(C(F)F)c1F. The van der Waals surface area contributed by atoms with Crippen LogP contribution in [0, 0.1) is 12.7 Å². The molecule has 0 spiro atoms. The molecule has 2 atom stereocenters. The average Bonchev–Trinajstić information content (AvgIpc) is 3.29. The Morgan fingerprint density at radius 1 is 1.22 bits per heavy atom. The molecule has 37 heavy (non-hydrogen) atoms. The molecular weight excluding hydrogens is 497 g/mol. The van der Waals surface area contributed by atoms with Gasteiger partial charge in [0.1, 0.15) is 23.0 Å². The summed E-state index contributed by atoms with van der Waals surface area (Å²) in [6.07, 6.45) is -3.67. The highest BCUT2D eigenvalue weighted by Gasteiger charge is 2.49. The van der Waals surface area contributed by atoms with E-state index in [9.17, 15) is 31.5 Å². The maximum atomic E-state index is 14.9. The van der Waals surface area contributed by atoms with Crippen LogP contribution in [0.2, 0.25) is 0 Å². The number of halogens is 5. The largest absolute Gasteiger partial charge is 0.359 e. The molecule has 2 aromatic heterocycles. The lowest BCUT2D eigenvalue weighted by Gasteiger charge is -2.31. The minimum Gasteiger partial charge on any atom is -0.359 e. The number of aryl methyl sites for hydroxylation is 1. The van der Waals surface area contributed by atoms with E-state index in [2.05, 4.69) is 21.9 Å². The van der Waals surface area contributed by atoms with E-state index < -0.39 is 41.4 Å². The molecule has 0 aliphatic carbocycles.